The number of hydrogen-bond donors (Lipinski definition) is 7. The van der Waals surface area contributed by atoms with Gasteiger partial charge in [0.2, 0.25) is 29.5 Å². The van der Waals surface area contributed by atoms with Gasteiger partial charge in [-0.1, -0.05) is 43.7 Å². The van der Waals surface area contributed by atoms with Crippen LogP contribution in [0.25, 0.3) is 0 Å². The summed E-state index contributed by atoms with van der Waals surface area (Å²) in [5.74, 6) is -6.94. The number of benzene rings is 1. The van der Waals surface area contributed by atoms with Gasteiger partial charge in [-0.2, -0.15) is 0 Å². The topological polar surface area (TPSA) is 223 Å². The Morgan fingerprint density at radius 3 is 2.09 bits per heavy atom. The molecule has 0 aromatic heterocycles. The predicted molar refractivity (Wildman–Crippen MR) is 196 cm³/mol. The number of aliphatic hydroxyl groups excluding tert-OH is 1. The second kappa shape index (κ2) is 18.6. The molecule has 53 heavy (non-hydrogen) atoms. The molecule has 2 fully saturated rings. The van der Waals surface area contributed by atoms with Gasteiger partial charge >= 0.3 is 5.97 Å². The van der Waals surface area contributed by atoms with Crippen LogP contribution in [0, 0.1) is 18.8 Å². The highest BCUT2D eigenvalue weighted by Crippen LogP contribution is 2.24. The van der Waals surface area contributed by atoms with E-state index in [2.05, 4.69) is 26.6 Å². The van der Waals surface area contributed by atoms with Gasteiger partial charge in [-0.3, -0.25) is 38.5 Å². The second-order valence-corrected chi connectivity index (χ2v) is 16.0. The number of aliphatic carboxylic acids is 1. The molecule has 1 aromatic carbocycles. The van der Waals surface area contributed by atoms with Crippen molar-refractivity contribution in [2.24, 2.45) is 11.8 Å². The zero-order valence-electron chi connectivity index (χ0n) is 32.2. The quantitative estimate of drug-likeness (QED) is 0.198. The van der Waals surface area contributed by atoms with Crippen LogP contribution in [0.3, 0.4) is 0 Å². The molecule has 0 unspecified atom stereocenters. The first kappa shape index (κ1) is 43.0. The van der Waals surface area contributed by atoms with Gasteiger partial charge in [0.15, 0.2) is 5.78 Å². The van der Waals surface area contributed by atoms with E-state index in [1.807, 2.05) is 45.0 Å². The van der Waals surface area contributed by atoms with Crippen molar-refractivity contribution >= 4 is 41.3 Å². The molecular formula is C38H58N6O9. The van der Waals surface area contributed by atoms with E-state index < -0.39 is 108 Å². The van der Waals surface area contributed by atoms with Gasteiger partial charge in [-0.25, -0.2) is 0 Å². The molecule has 8 atom stereocenters. The number of hydrogen-bond acceptors (Lipinski definition) is 9. The lowest BCUT2D eigenvalue weighted by Gasteiger charge is -2.38. The Morgan fingerprint density at radius 1 is 0.906 bits per heavy atom. The lowest BCUT2D eigenvalue weighted by molar-refractivity contribution is -0.143. The molecule has 7 N–H and O–H groups in total. The Kier molecular flexibility index (Phi) is 15.1. The number of fused-ring (bicyclic) bond motifs is 1. The molecule has 1 aromatic rings. The minimum absolute atomic E-state index is 0.0817. The number of Topliss-reactive ketones (excluding diaryl/α,β-unsaturated/α-hetero) is 1. The van der Waals surface area contributed by atoms with Crippen LogP contribution in [0.4, 0.5) is 0 Å². The van der Waals surface area contributed by atoms with E-state index in [0.29, 0.717) is 19.4 Å². The molecule has 0 spiro atoms. The van der Waals surface area contributed by atoms with Crippen LogP contribution in [0.15, 0.2) is 24.3 Å². The molecule has 0 aliphatic carbocycles. The maximum Gasteiger partial charge on any atom is 0.304 e. The van der Waals surface area contributed by atoms with Gasteiger partial charge in [0.1, 0.15) is 18.1 Å². The van der Waals surface area contributed by atoms with Crippen molar-refractivity contribution in [3.05, 3.63) is 35.4 Å². The summed E-state index contributed by atoms with van der Waals surface area (Å²) in [5, 5.41) is 34.0. The summed E-state index contributed by atoms with van der Waals surface area (Å²) in [6.45, 7) is 14.1. The van der Waals surface area contributed by atoms with E-state index in [1.165, 1.54) is 6.92 Å². The first-order valence-corrected chi connectivity index (χ1v) is 18.4. The maximum absolute atomic E-state index is 14.2. The summed E-state index contributed by atoms with van der Waals surface area (Å²) < 4.78 is 0. The fourth-order valence-corrected chi connectivity index (χ4v) is 6.89. The van der Waals surface area contributed by atoms with E-state index in [-0.39, 0.29) is 18.8 Å². The number of carboxylic acid groups (broad SMARTS) is 1. The highest BCUT2D eigenvalue weighted by Gasteiger charge is 2.44. The first-order valence-electron chi connectivity index (χ1n) is 18.4. The number of carboxylic acids is 1. The molecule has 2 saturated heterocycles. The van der Waals surface area contributed by atoms with Crippen LogP contribution in [-0.2, 0) is 40.0 Å². The van der Waals surface area contributed by atoms with Gasteiger partial charge in [0.05, 0.1) is 36.6 Å². The zero-order chi connectivity index (χ0) is 39.8. The molecule has 2 aliphatic heterocycles. The fraction of sp³-hybridized carbons (Fsp3) is 0.658. The molecule has 15 heteroatoms. The number of nitrogens with one attached hydrogen (secondary N) is 5. The van der Waals surface area contributed by atoms with Gasteiger partial charge in [-0.05, 0) is 78.8 Å². The standard InChI is InChI=1S/C38H58N6O9/c1-20(2)16-26-29(46)18-25(19-30(47)48)33(49)42-31(23(5)45)36(52)39-22(4)32(37(53)43-38(6,7)8)44-15-9-10-28(44)35(51)41-27(34(50)40-26)17-24-13-11-21(3)12-14-24/h11-14,20,22-23,25-28,31-32,45H,9-10,15-19H2,1-8H3,(H,39,52)(H,40,50)(H,41,51)(H,42,49)(H,43,53)(H,47,48)/t22-,23+,25-,26-,27+,28-,31-,32-/m0/s1. The first-order chi connectivity index (χ1) is 24.7. The molecule has 5 amide bonds. The predicted octanol–water partition coefficient (Wildman–Crippen LogP) is 0.735. The Hall–Kier alpha value is -4.37. The third-order valence-corrected chi connectivity index (χ3v) is 9.47. The molecule has 0 bridgehead atoms. The highest BCUT2D eigenvalue weighted by molar-refractivity contribution is 5.97. The van der Waals surface area contributed by atoms with Gasteiger partial charge < -0.3 is 36.8 Å². The number of aryl methyl sites for hydroxylation is 1. The SMILES string of the molecule is Cc1ccc(C[C@H]2NC(=O)[C@@H]3CCCN3[C@H](C(=O)NC(C)(C)C)[C@H](C)NC(=O)[C@H]([C@@H](C)O)NC(=O)[C@H](CC(=O)O)CC(=O)[C@H](CC(C)C)NC2=O)cc1. The molecule has 2 aliphatic rings. The number of ketones is 1. The molecule has 3 rings (SSSR count). The zero-order valence-corrected chi connectivity index (χ0v) is 32.2. The molecule has 0 radical (unpaired) electrons. The molecule has 0 saturated carbocycles. The number of amides is 5. The largest absolute Gasteiger partial charge is 0.481 e. The van der Waals surface area contributed by atoms with Crippen molar-refractivity contribution in [1.82, 2.24) is 31.5 Å². The third kappa shape index (κ3) is 12.6. The van der Waals surface area contributed by atoms with Crippen LogP contribution in [0.5, 0.6) is 0 Å². The van der Waals surface area contributed by atoms with Crippen molar-refractivity contribution in [2.75, 3.05) is 6.54 Å². The van der Waals surface area contributed by atoms with E-state index in [0.717, 1.165) is 11.1 Å². The second-order valence-electron chi connectivity index (χ2n) is 16.0. The smallest absolute Gasteiger partial charge is 0.304 e. The Labute approximate surface area is 311 Å². The van der Waals surface area contributed by atoms with Crippen molar-refractivity contribution in [2.45, 2.75) is 142 Å². The van der Waals surface area contributed by atoms with Gasteiger partial charge in [-0.15, -0.1) is 0 Å². The van der Waals surface area contributed by atoms with E-state index in [1.54, 1.807) is 32.6 Å². The summed E-state index contributed by atoms with van der Waals surface area (Å²) >= 11 is 0. The summed E-state index contributed by atoms with van der Waals surface area (Å²) in [7, 11) is 0. The van der Waals surface area contributed by atoms with Crippen LogP contribution >= 0.6 is 0 Å². The highest BCUT2D eigenvalue weighted by atomic mass is 16.4. The number of aliphatic hydroxyl groups is 1. The average Bonchev–Trinajstić information content (AvgIpc) is 3.50. The van der Waals surface area contributed by atoms with Crippen molar-refractivity contribution in [3.8, 4) is 0 Å². The molecule has 2 heterocycles. The maximum atomic E-state index is 14.2. The summed E-state index contributed by atoms with van der Waals surface area (Å²) in [5.41, 5.74) is 1.07. The number of carbonyl (C=O) groups excluding carboxylic acids is 6. The monoisotopic (exact) mass is 742 g/mol. The van der Waals surface area contributed by atoms with E-state index >= 15 is 0 Å². The van der Waals surface area contributed by atoms with Crippen LogP contribution in [0.1, 0.15) is 91.7 Å². The number of carbonyl (C=O) groups is 7. The summed E-state index contributed by atoms with van der Waals surface area (Å²) in [6, 6.07) is 0.673. The third-order valence-electron chi connectivity index (χ3n) is 9.47. The Morgan fingerprint density at radius 2 is 1.53 bits per heavy atom. The lowest BCUT2D eigenvalue weighted by atomic mass is 9.90. The number of rotatable bonds is 8. The minimum atomic E-state index is -1.58. The summed E-state index contributed by atoms with van der Waals surface area (Å²) in [4.78, 5) is 96.9. The lowest BCUT2D eigenvalue weighted by Crippen LogP contribution is -2.65. The van der Waals surface area contributed by atoms with E-state index in [4.69, 9.17) is 0 Å². The fourth-order valence-electron chi connectivity index (χ4n) is 6.89. The van der Waals surface area contributed by atoms with Crippen molar-refractivity contribution < 1.29 is 43.8 Å². The average molecular weight is 743 g/mol. The Bertz CT molecular complexity index is 1510. The van der Waals surface area contributed by atoms with Gasteiger partial charge in [0, 0.05) is 18.4 Å². The Balaban J connectivity index is 2.16. The van der Waals surface area contributed by atoms with Gasteiger partial charge in [0.25, 0.3) is 0 Å². The molecule has 15 nitrogen and oxygen atoms in total. The van der Waals surface area contributed by atoms with Crippen LogP contribution in [-0.4, -0.2) is 111 Å². The summed E-state index contributed by atoms with van der Waals surface area (Å²) in [6.07, 6.45) is -1.66. The number of nitrogens with zero attached hydrogens (tertiary/aromatic N) is 1. The van der Waals surface area contributed by atoms with E-state index in [9.17, 15) is 43.8 Å². The van der Waals surface area contributed by atoms with Crippen molar-refractivity contribution in [1.29, 1.82) is 0 Å². The molecular weight excluding hydrogens is 684 g/mol. The van der Waals surface area contributed by atoms with Crippen molar-refractivity contribution in [3.63, 3.8) is 0 Å². The molecule has 294 valence electrons. The van der Waals surface area contributed by atoms with Crippen LogP contribution in [0.2, 0.25) is 0 Å². The minimum Gasteiger partial charge on any atom is -0.481 e. The normalized spacial score (nSPS) is 27.7. The van der Waals surface area contributed by atoms with Crippen LogP contribution < -0.4 is 26.6 Å².